The van der Waals surface area contributed by atoms with Gasteiger partial charge in [0.15, 0.2) is 11.5 Å². The molecule has 1 radical (unpaired) electrons. The van der Waals surface area contributed by atoms with E-state index in [1.54, 1.807) is 0 Å². The van der Waals surface area contributed by atoms with Gasteiger partial charge in [0.05, 0.1) is 19.8 Å². The molecule has 0 saturated heterocycles. The first-order valence-corrected chi connectivity index (χ1v) is 8.25. The van der Waals surface area contributed by atoms with Gasteiger partial charge in [-0.2, -0.15) is 0 Å². The third-order valence-corrected chi connectivity index (χ3v) is 3.13. The number of rotatable bonds is 12. The summed E-state index contributed by atoms with van der Waals surface area (Å²) in [5.41, 5.74) is 0. The number of ether oxygens (including phenoxy) is 3. The molecule has 0 atom stereocenters. The zero-order chi connectivity index (χ0) is 15.3. The second kappa shape index (κ2) is 11.3. The third kappa shape index (κ3) is 6.74. The molecule has 21 heavy (non-hydrogen) atoms. The molecule has 0 aliphatic heterocycles. The van der Waals surface area contributed by atoms with Gasteiger partial charge in [-0.15, -0.1) is 0 Å². The van der Waals surface area contributed by atoms with Gasteiger partial charge >= 0.3 is 0 Å². The van der Waals surface area contributed by atoms with Gasteiger partial charge in [0.1, 0.15) is 0 Å². The van der Waals surface area contributed by atoms with Crippen molar-refractivity contribution in [2.24, 2.45) is 0 Å². The predicted molar refractivity (Wildman–Crippen MR) is 86.5 cm³/mol. The van der Waals surface area contributed by atoms with Crippen LogP contribution >= 0.6 is 0 Å². The van der Waals surface area contributed by atoms with E-state index in [1.165, 1.54) is 0 Å². The molecule has 0 saturated carbocycles. The van der Waals surface area contributed by atoms with Crippen LogP contribution in [0.4, 0.5) is 0 Å². The summed E-state index contributed by atoms with van der Waals surface area (Å²) in [6.07, 6.45) is 6.44. The van der Waals surface area contributed by atoms with Crippen LogP contribution in [0.5, 0.6) is 17.2 Å². The first-order chi connectivity index (χ1) is 10.3. The monoisotopic (exact) mass is 293 g/mol. The zero-order valence-corrected chi connectivity index (χ0v) is 13.7. The van der Waals surface area contributed by atoms with Crippen LogP contribution in [0.3, 0.4) is 0 Å². The van der Waals surface area contributed by atoms with E-state index in [0.29, 0.717) is 19.8 Å². The van der Waals surface area contributed by atoms with Crippen molar-refractivity contribution in [3.05, 3.63) is 18.2 Å². The van der Waals surface area contributed by atoms with Gasteiger partial charge < -0.3 is 14.2 Å². The fourth-order valence-corrected chi connectivity index (χ4v) is 1.77. The van der Waals surface area contributed by atoms with Crippen molar-refractivity contribution in [3.8, 4) is 17.2 Å². The van der Waals surface area contributed by atoms with Gasteiger partial charge in [-0.25, -0.2) is 0 Å². The van der Waals surface area contributed by atoms with Crippen molar-refractivity contribution < 1.29 is 14.2 Å². The molecule has 0 aliphatic carbocycles. The molecule has 119 valence electrons. The number of hydrogen-bond donors (Lipinski definition) is 0. The molecule has 3 nitrogen and oxygen atoms in total. The molecule has 3 heteroatoms. The highest BCUT2D eigenvalue weighted by Gasteiger charge is 2.12. The summed E-state index contributed by atoms with van der Waals surface area (Å²) in [7, 11) is 0. The molecule has 1 aromatic rings. The highest BCUT2D eigenvalue weighted by atomic mass is 16.5. The van der Waals surface area contributed by atoms with Crippen LogP contribution in [0.25, 0.3) is 0 Å². The molecule has 0 fully saturated rings. The fourth-order valence-electron chi connectivity index (χ4n) is 1.77. The Morgan fingerprint density at radius 2 is 1.14 bits per heavy atom. The highest BCUT2D eigenvalue weighted by molar-refractivity contribution is 5.50. The van der Waals surface area contributed by atoms with Gasteiger partial charge in [-0.3, -0.25) is 0 Å². The standard InChI is InChI=1S/C18H29O3/c1-4-7-13-19-16-11-10-12-17(20-14-8-5-2)18(16)21-15-9-6-3/h11-12H,4-9,13-15H2,1-3H3. The van der Waals surface area contributed by atoms with Crippen LogP contribution in [0.2, 0.25) is 0 Å². The van der Waals surface area contributed by atoms with E-state index in [0.717, 1.165) is 55.8 Å². The first kappa shape index (κ1) is 17.7. The van der Waals surface area contributed by atoms with Crippen molar-refractivity contribution in [1.82, 2.24) is 0 Å². The van der Waals surface area contributed by atoms with Crippen LogP contribution < -0.4 is 14.2 Å². The van der Waals surface area contributed by atoms with E-state index in [4.69, 9.17) is 14.2 Å². The molecule has 0 aliphatic rings. The summed E-state index contributed by atoms with van der Waals surface area (Å²) in [5, 5.41) is 0. The van der Waals surface area contributed by atoms with E-state index >= 15 is 0 Å². The summed E-state index contributed by atoms with van der Waals surface area (Å²) >= 11 is 0. The second-order valence-corrected chi connectivity index (χ2v) is 5.12. The Kier molecular flexibility index (Phi) is 9.51. The molecule has 0 unspecified atom stereocenters. The molecular weight excluding hydrogens is 264 g/mol. The maximum atomic E-state index is 5.90. The van der Waals surface area contributed by atoms with Gasteiger partial charge in [-0.1, -0.05) is 40.0 Å². The Morgan fingerprint density at radius 3 is 1.57 bits per heavy atom. The molecular formula is C18H29O3. The largest absolute Gasteiger partial charge is 0.490 e. The summed E-state index contributed by atoms with van der Waals surface area (Å²) < 4.78 is 17.5. The topological polar surface area (TPSA) is 27.7 Å². The minimum absolute atomic E-state index is 0.689. The van der Waals surface area contributed by atoms with E-state index in [9.17, 15) is 0 Å². The maximum Gasteiger partial charge on any atom is 0.203 e. The molecule has 1 aromatic carbocycles. The quantitative estimate of drug-likeness (QED) is 0.506. The van der Waals surface area contributed by atoms with Crippen LogP contribution in [-0.2, 0) is 0 Å². The first-order valence-electron chi connectivity index (χ1n) is 8.25. The smallest absolute Gasteiger partial charge is 0.203 e. The van der Waals surface area contributed by atoms with Crippen molar-refractivity contribution >= 4 is 0 Å². The zero-order valence-electron chi connectivity index (χ0n) is 13.7. The Morgan fingerprint density at radius 1 is 0.714 bits per heavy atom. The molecule has 0 N–H and O–H groups in total. The van der Waals surface area contributed by atoms with Crippen molar-refractivity contribution in [1.29, 1.82) is 0 Å². The van der Waals surface area contributed by atoms with Crippen molar-refractivity contribution in [2.45, 2.75) is 59.3 Å². The van der Waals surface area contributed by atoms with Crippen LogP contribution in [0.1, 0.15) is 59.3 Å². The third-order valence-electron chi connectivity index (χ3n) is 3.13. The van der Waals surface area contributed by atoms with Gasteiger partial charge in [0.2, 0.25) is 5.75 Å². The van der Waals surface area contributed by atoms with E-state index < -0.39 is 0 Å². The van der Waals surface area contributed by atoms with Gasteiger partial charge in [0, 0.05) is 0 Å². The summed E-state index contributed by atoms with van der Waals surface area (Å²) in [6, 6.07) is 6.76. The van der Waals surface area contributed by atoms with Crippen LogP contribution in [-0.4, -0.2) is 19.8 Å². The van der Waals surface area contributed by atoms with Crippen LogP contribution in [0.15, 0.2) is 12.1 Å². The molecule has 0 spiro atoms. The number of unbranched alkanes of at least 4 members (excludes halogenated alkanes) is 3. The summed E-state index contributed by atoms with van der Waals surface area (Å²) in [4.78, 5) is 0. The Labute approximate surface area is 129 Å². The van der Waals surface area contributed by atoms with E-state index in [-0.39, 0.29) is 0 Å². The van der Waals surface area contributed by atoms with Gasteiger partial charge in [-0.05, 0) is 37.5 Å². The maximum absolute atomic E-state index is 5.90. The molecule has 0 aromatic heterocycles. The lowest BCUT2D eigenvalue weighted by atomic mass is 10.2. The lowest BCUT2D eigenvalue weighted by molar-refractivity contribution is 0.237. The van der Waals surface area contributed by atoms with Gasteiger partial charge in [0.25, 0.3) is 0 Å². The van der Waals surface area contributed by atoms with E-state index in [2.05, 4.69) is 26.8 Å². The molecule has 0 heterocycles. The SMILES string of the molecule is CCCCOc1c[c]cc(OCCCC)c1OCCCC. The normalized spacial score (nSPS) is 10.4. The minimum Gasteiger partial charge on any atom is -0.490 e. The minimum atomic E-state index is 0.689. The average molecular weight is 293 g/mol. The average Bonchev–Trinajstić information content (AvgIpc) is 2.50. The molecule has 1 rings (SSSR count). The predicted octanol–water partition coefficient (Wildman–Crippen LogP) is 5.02. The Hall–Kier alpha value is -1.38. The lowest BCUT2D eigenvalue weighted by Crippen LogP contribution is -2.05. The van der Waals surface area contributed by atoms with Crippen LogP contribution in [0, 0.1) is 6.07 Å². The van der Waals surface area contributed by atoms with Crippen molar-refractivity contribution in [2.75, 3.05) is 19.8 Å². The second-order valence-electron chi connectivity index (χ2n) is 5.12. The fraction of sp³-hybridized carbons (Fsp3) is 0.667. The summed E-state index contributed by atoms with van der Waals surface area (Å²) in [5.74, 6) is 2.22. The highest BCUT2D eigenvalue weighted by Crippen LogP contribution is 2.37. The Balaban J connectivity index is 2.75. The molecule has 0 bridgehead atoms. The summed E-state index contributed by atoms with van der Waals surface area (Å²) in [6.45, 7) is 8.55. The number of benzene rings is 1. The van der Waals surface area contributed by atoms with E-state index in [1.807, 2.05) is 12.1 Å². The Bertz CT molecular complexity index is 348. The number of hydrogen-bond acceptors (Lipinski definition) is 3. The van der Waals surface area contributed by atoms with Crippen molar-refractivity contribution in [3.63, 3.8) is 0 Å². The lowest BCUT2D eigenvalue weighted by Gasteiger charge is -2.16. The molecule has 0 amide bonds.